The number of benzene rings is 2. The summed E-state index contributed by atoms with van der Waals surface area (Å²) in [6, 6.07) is 30.2. The van der Waals surface area contributed by atoms with Crippen LogP contribution in [0.1, 0.15) is 0 Å². The van der Waals surface area contributed by atoms with Crippen molar-refractivity contribution in [2.75, 3.05) is 0 Å². The van der Waals surface area contributed by atoms with Gasteiger partial charge in [0.15, 0.2) is 0 Å². The second kappa shape index (κ2) is 9.24. The van der Waals surface area contributed by atoms with Crippen LogP contribution in [0.5, 0.6) is 0 Å². The summed E-state index contributed by atoms with van der Waals surface area (Å²) in [5.41, 5.74) is 2.20. The summed E-state index contributed by atoms with van der Waals surface area (Å²) in [5.74, 6) is 0. The van der Waals surface area contributed by atoms with Gasteiger partial charge in [-0.15, -0.1) is 0 Å². The highest BCUT2D eigenvalue weighted by molar-refractivity contribution is 5.81. The van der Waals surface area contributed by atoms with Gasteiger partial charge in [-0.05, 0) is 47.2 Å². The molecule has 6 aromatic rings. The summed E-state index contributed by atoms with van der Waals surface area (Å²) in [6.45, 7) is 0. The molecule has 140 valence electrons. The third-order valence-electron chi connectivity index (χ3n) is 4.37. The van der Waals surface area contributed by atoms with Crippen molar-refractivity contribution in [3.63, 3.8) is 0 Å². The molecule has 0 N–H and O–H groups in total. The van der Waals surface area contributed by atoms with Crippen molar-refractivity contribution in [2.24, 2.45) is 0 Å². The van der Waals surface area contributed by atoms with Gasteiger partial charge in [0.25, 0.3) is 0 Å². The van der Waals surface area contributed by atoms with Crippen LogP contribution in [-0.2, 0) is 0 Å². The Morgan fingerprint density at radius 3 is 2.14 bits per heavy atom. The molecule has 6 rings (SSSR count). The minimum atomic E-state index is 1.06. The van der Waals surface area contributed by atoms with Gasteiger partial charge >= 0.3 is 0 Å². The lowest BCUT2D eigenvalue weighted by molar-refractivity contribution is 0.961. The molecule has 0 atom stereocenters. The summed E-state index contributed by atoms with van der Waals surface area (Å²) in [7, 11) is 0. The molecule has 0 fully saturated rings. The van der Waals surface area contributed by atoms with Gasteiger partial charge in [0.2, 0.25) is 0 Å². The largest absolute Gasteiger partial charge is 0.264 e. The number of para-hydroxylation sites is 1. The summed E-state index contributed by atoms with van der Waals surface area (Å²) in [6.07, 6.45) is 9.20. The Bertz CT molecular complexity index is 1090. The van der Waals surface area contributed by atoms with Crippen LogP contribution in [0.2, 0.25) is 0 Å². The minimum absolute atomic E-state index is 1.06. The predicted molar refractivity (Wildman–Crippen MR) is 119 cm³/mol. The second-order valence-electron chi connectivity index (χ2n) is 6.32. The van der Waals surface area contributed by atoms with Crippen molar-refractivity contribution in [2.45, 2.75) is 0 Å². The molecule has 4 heterocycles. The van der Waals surface area contributed by atoms with Crippen molar-refractivity contribution in [1.82, 2.24) is 19.6 Å². The van der Waals surface area contributed by atoms with Crippen LogP contribution in [0.15, 0.2) is 122 Å². The first kappa shape index (κ1) is 18.3. The predicted octanol–water partition coefficient (Wildman–Crippen LogP) is 5.80. The lowest BCUT2D eigenvalue weighted by atomic mass is 10.2. The molecule has 0 aliphatic heterocycles. The van der Waals surface area contributed by atoms with E-state index in [1.807, 2.05) is 96.0 Å². The first-order valence-corrected chi connectivity index (χ1v) is 9.37. The third-order valence-corrected chi connectivity index (χ3v) is 4.37. The fraction of sp³-hybridized carbons (Fsp3) is 0. The summed E-state index contributed by atoms with van der Waals surface area (Å²) in [5, 5.41) is 7.68. The average Bonchev–Trinajstić information content (AvgIpc) is 3.29. The molecule has 0 aliphatic carbocycles. The van der Waals surface area contributed by atoms with Gasteiger partial charge in [-0.3, -0.25) is 9.97 Å². The molecule has 29 heavy (non-hydrogen) atoms. The van der Waals surface area contributed by atoms with Gasteiger partial charge in [-0.1, -0.05) is 54.6 Å². The molecule has 0 radical (unpaired) electrons. The van der Waals surface area contributed by atoms with Crippen molar-refractivity contribution in [3.05, 3.63) is 122 Å². The monoisotopic (exact) mass is 376 g/mol. The lowest BCUT2D eigenvalue weighted by Gasteiger charge is -1.91. The Balaban J connectivity index is 0.000000106. The maximum absolute atomic E-state index is 4.18. The topological polar surface area (TPSA) is 43.1 Å². The van der Waals surface area contributed by atoms with E-state index in [0.29, 0.717) is 0 Å². The van der Waals surface area contributed by atoms with Crippen LogP contribution in [0.25, 0.3) is 27.2 Å². The number of fused-ring (bicyclic) bond motifs is 3. The number of aromatic nitrogens is 4. The number of rotatable bonds is 0. The zero-order valence-electron chi connectivity index (χ0n) is 15.8. The van der Waals surface area contributed by atoms with E-state index in [0.717, 1.165) is 11.0 Å². The van der Waals surface area contributed by atoms with E-state index < -0.39 is 0 Å². The van der Waals surface area contributed by atoms with Gasteiger partial charge < -0.3 is 0 Å². The van der Waals surface area contributed by atoms with Crippen molar-refractivity contribution in [3.8, 4) is 0 Å². The molecule has 0 unspecified atom stereocenters. The average molecular weight is 376 g/mol. The van der Waals surface area contributed by atoms with E-state index >= 15 is 0 Å². The third kappa shape index (κ3) is 4.82. The molecule has 2 aromatic carbocycles. The minimum Gasteiger partial charge on any atom is -0.264 e. The Hall–Kier alpha value is -4.05. The highest BCUT2D eigenvalue weighted by Crippen LogP contribution is 2.09. The number of hydrogen-bond donors (Lipinski definition) is 0. The van der Waals surface area contributed by atoms with Gasteiger partial charge in [-0.2, -0.15) is 5.10 Å². The van der Waals surface area contributed by atoms with E-state index in [9.17, 15) is 0 Å². The van der Waals surface area contributed by atoms with Gasteiger partial charge in [-0.25, -0.2) is 4.52 Å². The van der Waals surface area contributed by atoms with E-state index in [4.69, 9.17) is 0 Å². The summed E-state index contributed by atoms with van der Waals surface area (Å²) < 4.78 is 1.83. The zero-order valence-corrected chi connectivity index (χ0v) is 15.8. The Morgan fingerprint density at radius 1 is 0.552 bits per heavy atom. The van der Waals surface area contributed by atoms with E-state index in [1.54, 1.807) is 6.20 Å². The Labute approximate surface area is 169 Å². The van der Waals surface area contributed by atoms with Crippen LogP contribution in [0.3, 0.4) is 0 Å². The quantitative estimate of drug-likeness (QED) is 0.336. The first-order valence-electron chi connectivity index (χ1n) is 9.37. The smallest absolute Gasteiger partial charge is 0.0701 e. The summed E-state index contributed by atoms with van der Waals surface area (Å²) in [4.78, 5) is 8.19. The second-order valence-corrected chi connectivity index (χ2v) is 6.32. The van der Waals surface area contributed by atoms with Gasteiger partial charge in [0.1, 0.15) is 0 Å². The molecule has 0 saturated heterocycles. The molecule has 0 aliphatic rings. The van der Waals surface area contributed by atoms with Crippen molar-refractivity contribution < 1.29 is 0 Å². The van der Waals surface area contributed by atoms with Gasteiger partial charge in [0.05, 0.1) is 11.0 Å². The maximum Gasteiger partial charge on any atom is 0.0701 e. The molecule has 0 bridgehead atoms. The first-order chi connectivity index (χ1) is 14.4. The highest BCUT2D eigenvalue weighted by Gasteiger charge is 1.87. The van der Waals surface area contributed by atoms with E-state index in [1.165, 1.54) is 16.2 Å². The highest BCUT2D eigenvalue weighted by atomic mass is 15.2. The fourth-order valence-corrected chi connectivity index (χ4v) is 2.91. The molecular formula is C25H20N4. The molecule has 0 amide bonds. The van der Waals surface area contributed by atoms with Crippen LogP contribution < -0.4 is 0 Å². The normalized spacial score (nSPS) is 10.1. The van der Waals surface area contributed by atoms with Crippen LogP contribution in [-0.4, -0.2) is 19.6 Å². The number of hydrogen-bond acceptors (Lipinski definition) is 3. The van der Waals surface area contributed by atoms with Crippen LogP contribution in [0.4, 0.5) is 0 Å². The Morgan fingerprint density at radius 2 is 1.31 bits per heavy atom. The zero-order chi connectivity index (χ0) is 19.7. The van der Waals surface area contributed by atoms with Crippen molar-refractivity contribution in [1.29, 1.82) is 0 Å². The standard InChI is InChI=1S/2C9H7N.C7H6N2/c1-2-6-9-8(4-1)5-3-7-10-9;1-2-4-9-7-10-6-5-8(9)3-1;1-2-6-9-7(3-1)4-5-8-9/h2*1-7H;1-6H. The van der Waals surface area contributed by atoms with Crippen LogP contribution in [0, 0.1) is 0 Å². The molecule has 4 aromatic heterocycles. The Kier molecular flexibility index (Phi) is 5.84. The number of nitrogens with zero attached hydrogens (tertiary/aromatic N) is 4. The molecular weight excluding hydrogens is 356 g/mol. The van der Waals surface area contributed by atoms with Gasteiger partial charge in [0, 0.05) is 36.4 Å². The van der Waals surface area contributed by atoms with Crippen molar-refractivity contribution >= 4 is 27.2 Å². The molecule has 0 spiro atoms. The molecule has 4 nitrogen and oxygen atoms in total. The summed E-state index contributed by atoms with van der Waals surface area (Å²) >= 11 is 0. The molecule has 0 saturated carbocycles. The number of pyridine rings is 3. The van der Waals surface area contributed by atoms with E-state index in [-0.39, 0.29) is 0 Å². The molecule has 4 heteroatoms. The fourth-order valence-electron chi connectivity index (χ4n) is 2.91. The SMILES string of the molecule is c1ccc2cnccc2c1.c1ccc2ncccc2c1.c1ccn2nccc2c1. The van der Waals surface area contributed by atoms with Crippen LogP contribution >= 0.6 is 0 Å². The van der Waals surface area contributed by atoms with E-state index in [2.05, 4.69) is 39.3 Å². The lowest BCUT2D eigenvalue weighted by Crippen LogP contribution is -1.81. The maximum atomic E-state index is 4.18.